The second-order valence-electron chi connectivity index (χ2n) is 6.72. The molecule has 0 saturated heterocycles. The van der Waals surface area contributed by atoms with Crippen LogP contribution in [0.4, 0.5) is 4.39 Å². The van der Waals surface area contributed by atoms with E-state index < -0.39 is 0 Å². The van der Waals surface area contributed by atoms with Crippen molar-refractivity contribution in [3.8, 4) is 11.1 Å². The van der Waals surface area contributed by atoms with Gasteiger partial charge in [0.2, 0.25) is 0 Å². The van der Waals surface area contributed by atoms with Gasteiger partial charge >= 0.3 is 0 Å². The molecular weight excluding hydrogens is 247 g/mol. The van der Waals surface area contributed by atoms with Crippen molar-refractivity contribution in [3.05, 3.63) is 59.4 Å². The summed E-state index contributed by atoms with van der Waals surface area (Å²) in [5.74, 6) is 0.251. The third-order valence-corrected chi connectivity index (χ3v) is 3.72. The molecule has 0 bridgehead atoms. The quantitative estimate of drug-likeness (QED) is 0.636. The van der Waals surface area contributed by atoms with Crippen LogP contribution in [0.5, 0.6) is 0 Å². The molecule has 2 rings (SSSR count). The van der Waals surface area contributed by atoms with E-state index in [-0.39, 0.29) is 11.2 Å². The zero-order chi connectivity index (χ0) is 14.9. The van der Waals surface area contributed by atoms with Crippen molar-refractivity contribution in [3.63, 3.8) is 0 Å². The van der Waals surface area contributed by atoms with Crippen LogP contribution in [0.15, 0.2) is 42.5 Å². The summed E-state index contributed by atoms with van der Waals surface area (Å²) < 4.78 is 14.1. The maximum Gasteiger partial charge on any atom is 0.131 e. The first kappa shape index (κ1) is 14.8. The average molecular weight is 270 g/mol. The van der Waals surface area contributed by atoms with Gasteiger partial charge in [0.15, 0.2) is 0 Å². The van der Waals surface area contributed by atoms with Crippen molar-refractivity contribution in [2.45, 2.75) is 46.0 Å². The molecule has 0 aromatic heterocycles. The Hall–Kier alpha value is -1.63. The number of benzene rings is 2. The highest BCUT2D eigenvalue weighted by Gasteiger charge is 2.14. The first-order valence-electron chi connectivity index (χ1n) is 7.19. The molecule has 0 atom stereocenters. The van der Waals surface area contributed by atoms with Crippen LogP contribution in [-0.4, -0.2) is 0 Å². The molecule has 0 fully saturated rings. The van der Waals surface area contributed by atoms with Gasteiger partial charge < -0.3 is 0 Å². The van der Waals surface area contributed by atoms with E-state index in [9.17, 15) is 4.39 Å². The molecule has 0 spiro atoms. The summed E-state index contributed by atoms with van der Waals surface area (Å²) >= 11 is 0. The van der Waals surface area contributed by atoms with Gasteiger partial charge in [-0.3, -0.25) is 0 Å². The lowest BCUT2D eigenvalue weighted by Gasteiger charge is -2.19. The second-order valence-corrected chi connectivity index (χ2v) is 6.72. The van der Waals surface area contributed by atoms with Gasteiger partial charge in [-0.05, 0) is 40.2 Å². The molecule has 0 radical (unpaired) electrons. The van der Waals surface area contributed by atoms with Crippen LogP contribution in [0.1, 0.15) is 51.7 Å². The van der Waals surface area contributed by atoms with Crippen LogP contribution in [0.3, 0.4) is 0 Å². The smallest absolute Gasteiger partial charge is 0.131 e. The van der Waals surface area contributed by atoms with Gasteiger partial charge in [0.25, 0.3) is 0 Å². The summed E-state index contributed by atoms with van der Waals surface area (Å²) in [6, 6.07) is 13.6. The number of halogens is 1. The Kier molecular flexibility index (Phi) is 3.99. The standard InChI is InChI=1S/C19H23F/c1-13(2)15-8-11-18(20)17(12-15)14-6-9-16(10-7-14)19(3,4)5/h6-13H,1-5H3. The van der Waals surface area contributed by atoms with Gasteiger partial charge in [0.05, 0.1) is 0 Å². The van der Waals surface area contributed by atoms with Crippen LogP contribution < -0.4 is 0 Å². The molecule has 0 aliphatic heterocycles. The van der Waals surface area contributed by atoms with E-state index in [1.807, 2.05) is 24.3 Å². The van der Waals surface area contributed by atoms with Gasteiger partial charge in [-0.2, -0.15) is 0 Å². The summed E-state index contributed by atoms with van der Waals surface area (Å²) in [4.78, 5) is 0. The fourth-order valence-corrected chi connectivity index (χ4v) is 2.27. The Morgan fingerprint density at radius 2 is 1.50 bits per heavy atom. The SMILES string of the molecule is CC(C)c1ccc(F)c(-c2ccc(C(C)(C)C)cc2)c1. The van der Waals surface area contributed by atoms with Crippen LogP contribution in [0.2, 0.25) is 0 Å². The monoisotopic (exact) mass is 270 g/mol. The Bertz CT molecular complexity index is 586. The van der Waals surface area contributed by atoms with Gasteiger partial charge in [-0.15, -0.1) is 0 Å². The molecule has 2 aromatic carbocycles. The average Bonchev–Trinajstić information content (AvgIpc) is 2.38. The molecule has 0 aliphatic rings. The van der Waals surface area contributed by atoms with Gasteiger partial charge in [-0.1, -0.05) is 65.0 Å². The van der Waals surface area contributed by atoms with E-state index in [0.717, 1.165) is 5.56 Å². The molecule has 0 nitrogen and oxygen atoms in total. The molecule has 0 amide bonds. The summed E-state index contributed by atoms with van der Waals surface area (Å²) in [6.07, 6.45) is 0. The third-order valence-electron chi connectivity index (χ3n) is 3.72. The van der Waals surface area contributed by atoms with Crippen LogP contribution >= 0.6 is 0 Å². The highest BCUT2D eigenvalue weighted by atomic mass is 19.1. The normalized spacial score (nSPS) is 11.9. The molecule has 20 heavy (non-hydrogen) atoms. The summed E-state index contributed by atoms with van der Waals surface area (Å²) in [5, 5.41) is 0. The number of hydrogen-bond donors (Lipinski definition) is 0. The van der Waals surface area contributed by atoms with Crippen molar-refractivity contribution >= 4 is 0 Å². The van der Waals surface area contributed by atoms with Crippen molar-refractivity contribution in [2.24, 2.45) is 0 Å². The summed E-state index contributed by atoms with van der Waals surface area (Å²) in [7, 11) is 0. The molecule has 0 unspecified atom stereocenters. The maximum atomic E-state index is 14.1. The van der Waals surface area contributed by atoms with E-state index in [4.69, 9.17) is 0 Å². The molecule has 0 N–H and O–H groups in total. The fourth-order valence-electron chi connectivity index (χ4n) is 2.27. The number of hydrogen-bond acceptors (Lipinski definition) is 0. The van der Waals surface area contributed by atoms with Gasteiger partial charge in [0, 0.05) is 5.56 Å². The van der Waals surface area contributed by atoms with Crippen LogP contribution in [0.25, 0.3) is 11.1 Å². The third kappa shape index (κ3) is 3.09. The largest absolute Gasteiger partial charge is 0.206 e. The zero-order valence-corrected chi connectivity index (χ0v) is 13.0. The molecule has 0 aliphatic carbocycles. The molecule has 0 heterocycles. The van der Waals surface area contributed by atoms with E-state index in [1.54, 1.807) is 6.07 Å². The molecule has 2 aromatic rings. The predicted molar refractivity (Wildman–Crippen MR) is 84.6 cm³/mol. The zero-order valence-electron chi connectivity index (χ0n) is 13.0. The van der Waals surface area contributed by atoms with E-state index in [2.05, 4.69) is 46.8 Å². The van der Waals surface area contributed by atoms with Crippen molar-refractivity contribution in [2.75, 3.05) is 0 Å². The Morgan fingerprint density at radius 3 is 2.00 bits per heavy atom. The van der Waals surface area contributed by atoms with E-state index in [0.29, 0.717) is 11.5 Å². The first-order chi connectivity index (χ1) is 9.29. The lowest BCUT2D eigenvalue weighted by molar-refractivity contribution is 0.590. The van der Waals surface area contributed by atoms with Crippen LogP contribution in [-0.2, 0) is 5.41 Å². The molecule has 0 saturated carbocycles. The first-order valence-corrected chi connectivity index (χ1v) is 7.19. The molecular formula is C19H23F. The Balaban J connectivity index is 2.44. The number of rotatable bonds is 2. The minimum atomic E-state index is -0.155. The highest BCUT2D eigenvalue weighted by molar-refractivity contribution is 5.65. The Labute approximate surface area is 121 Å². The summed E-state index contributed by atoms with van der Waals surface area (Å²) in [6.45, 7) is 10.8. The van der Waals surface area contributed by atoms with Crippen LogP contribution in [0, 0.1) is 5.82 Å². The highest BCUT2D eigenvalue weighted by Crippen LogP contribution is 2.29. The maximum absolute atomic E-state index is 14.1. The van der Waals surface area contributed by atoms with E-state index in [1.165, 1.54) is 11.1 Å². The van der Waals surface area contributed by atoms with Crippen molar-refractivity contribution in [1.82, 2.24) is 0 Å². The van der Waals surface area contributed by atoms with Gasteiger partial charge in [0.1, 0.15) is 5.82 Å². The minimum absolute atomic E-state index is 0.122. The second kappa shape index (κ2) is 5.40. The van der Waals surface area contributed by atoms with Crippen molar-refractivity contribution in [1.29, 1.82) is 0 Å². The topological polar surface area (TPSA) is 0 Å². The predicted octanol–water partition coefficient (Wildman–Crippen LogP) is 5.91. The Morgan fingerprint density at radius 1 is 0.900 bits per heavy atom. The molecule has 1 heteroatoms. The minimum Gasteiger partial charge on any atom is -0.206 e. The van der Waals surface area contributed by atoms with Crippen molar-refractivity contribution < 1.29 is 4.39 Å². The van der Waals surface area contributed by atoms with Gasteiger partial charge in [-0.25, -0.2) is 4.39 Å². The van der Waals surface area contributed by atoms with E-state index >= 15 is 0 Å². The lowest BCUT2D eigenvalue weighted by Crippen LogP contribution is -2.10. The fraction of sp³-hybridized carbons (Fsp3) is 0.368. The summed E-state index contributed by atoms with van der Waals surface area (Å²) in [5.41, 5.74) is 4.19. The molecule has 106 valence electrons. The lowest BCUT2D eigenvalue weighted by atomic mass is 9.86.